The number of rotatable bonds is 12. The Morgan fingerprint density at radius 1 is 1.09 bits per heavy atom. The highest BCUT2D eigenvalue weighted by Crippen LogP contribution is 2.27. The molecule has 1 atom stereocenters. The van der Waals surface area contributed by atoms with E-state index in [0.29, 0.717) is 47.6 Å². The van der Waals surface area contributed by atoms with Crippen molar-refractivity contribution in [3.8, 4) is 11.1 Å². The Morgan fingerprint density at radius 2 is 1.78 bits per heavy atom. The molecule has 1 unspecified atom stereocenters. The maximum absolute atomic E-state index is 14.0. The zero-order valence-electron chi connectivity index (χ0n) is 28.3. The van der Waals surface area contributed by atoms with Crippen molar-refractivity contribution < 1.29 is 27.9 Å². The van der Waals surface area contributed by atoms with Crippen LogP contribution in [-0.4, -0.2) is 30.8 Å². The second kappa shape index (κ2) is 20.4. The first-order valence-corrected chi connectivity index (χ1v) is 16.0. The van der Waals surface area contributed by atoms with Gasteiger partial charge in [0.2, 0.25) is 0 Å². The molecule has 1 saturated carbocycles. The van der Waals surface area contributed by atoms with Crippen LogP contribution in [-0.2, 0) is 14.3 Å². The van der Waals surface area contributed by atoms with Crippen molar-refractivity contribution in [2.45, 2.75) is 93.4 Å². The van der Waals surface area contributed by atoms with Gasteiger partial charge in [-0.1, -0.05) is 71.4 Å². The molecule has 1 fully saturated rings. The zero-order valence-corrected chi connectivity index (χ0v) is 28.3. The Labute approximate surface area is 269 Å². The van der Waals surface area contributed by atoms with Gasteiger partial charge in [0, 0.05) is 29.7 Å². The minimum Gasteiger partial charge on any atom is -0.465 e. The van der Waals surface area contributed by atoms with Gasteiger partial charge in [0.1, 0.15) is 17.4 Å². The molecule has 1 amide bonds. The molecule has 7 heteroatoms. The third-order valence-electron chi connectivity index (χ3n) is 7.31. The topological polar surface area (TPSA) is 72.5 Å². The molecule has 5 nitrogen and oxygen atoms in total. The Bertz CT molecular complexity index is 1270. The smallest absolute Gasteiger partial charge is 0.308 e. The van der Waals surface area contributed by atoms with Crippen LogP contribution in [0.5, 0.6) is 0 Å². The summed E-state index contributed by atoms with van der Waals surface area (Å²) >= 11 is 0. The molecule has 0 spiro atoms. The first kappa shape index (κ1) is 39.4. The molecule has 0 bridgehead atoms. The first-order valence-electron chi connectivity index (χ1n) is 16.0. The van der Waals surface area contributed by atoms with Crippen molar-refractivity contribution in [2.24, 2.45) is 17.3 Å². The predicted octanol–water partition coefficient (Wildman–Crippen LogP) is 9.58. The number of carbonyl (C=O) groups is 3. The molecule has 1 aliphatic rings. The first-order chi connectivity index (χ1) is 21.2. The van der Waals surface area contributed by atoms with E-state index in [4.69, 9.17) is 4.74 Å². The second-order valence-electron chi connectivity index (χ2n) is 12.7. The predicted molar refractivity (Wildman–Crippen MR) is 180 cm³/mol. The molecule has 0 heterocycles. The van der Waals surface area contributed by atoms with Crippen LogP contribution in [0.2, 0.25) is 0 Å². The number of nitrogens with one attached hydrogen (secondary N) is 1. The van der Waals surface area contributed by atoms with Gasteiger partial charge in [0.15, 0.2) is 0 Å². The van der Waals surface area contributed by atoms with Crippen molar-refractivity contribution in [3.63, 3.8) is 0 Å². The molecule has 45 heavy (non-hydrogen) atoms. The highest BCUT2D eigenvalue weighted by atomic mass is 19.1. The Balaban J connectivity index is 0.000000513. The number of hydrogen-bond donors (Lipinski definition) is 1. The van der Waals surface area contributed by atoms with Crippen molar-refractivity contribution in [3.05, 3.63) is 84.0 Å². The Hall–Kier alpha value is -3.61. The molecule has 2 aromatic carbocycles. The van der Waals surface area contributed by atoms with Crippen molar-refractivity contribution in [1.82, 2.24) is 5.32 Å². The fourth-order valence-electron chi connectivity index (χ4n) is 4.21. The summed E-state index contributed by atoms with van der Waals surface area (Å²) in [7, 11) is 0. The van der Waals surface area contributed by atoms with E-state index in [1.165, 1.54) is 25.0 Å². The van der Waals surface area contributed by atoms with Crippen LogP contribution in [0.15, 0.2) is 61.2 Å². The molecule has 3 rings (SSSR count). The summed E-state index contributed by atoms with van der Waals surface area (Å²) in [6, 6.07) is 8.32. The van der Waals surface area contributed by atoms with Crippen LogP contribution >= 0.6 is 0 Å². The van der Waals surface area contributed by atoms with Crippen molar-refractivity contribution >= 4 is 17.7 Å². The largest absolute Gasteiger partial charge is 0.465 e. The van der Waals surface area contributed by atoms with E-state index < -0.39 is 11.6 Å². The summed E-state index contributed by atoms with van der Waals surface area (Å²) in [6.07, 6.45) is 13.1. The number of aryl methyl sites for hydroxylation is 1. The zero-order chi connectivity index (χ0) is 34.0. The fourth-order valence-corrected chi connectivity index (χ4v) is 4.21. The summed E-state index contributed by atoms with van der Waals surface area (Å²) in [5.74, 6) is -1.35. The fraction of sp³-hybridized carbons (Fsp3) is 0.500. The van der Waals surface area contributed by atoms with Gasteiger partial charge < -0.3 is 10.1 Å². The summed E-state index contributed by atoms with van der Waals surface area (Å²) in [4.78, 5) is 34.6. The van der Waals surface area contributed by atoms with E-state index in [9.17, 15) is 23.2 Å². The normalized spacial score (nSPS) is 13.4. The van der Waals surface area contributed by atoms with Crippen LogP contribution in [0.1, 0.15) is 102 Å². The van der Waals surface area contributed by atoms with E-state index in [2.05, 4.69) is 51.7 Å². The van der Waals surface area contributed by atoms with E-state index in [1.54, 1.807) is 45.0 Å². The summed E-state index contributed by atoms with van der Waals surface area (Å²) in [6.45, 7) is 18.3. The second-order valence-corrected chi connectivity index (χ2v) is 12.7. The maximum Gasteiger partial charge on any atom is 0.308 e. The third kappa shape index (κ3) is 15.8. The lowest BCUT2D eigenvalue weighted by molar-refractivity contribution is -0.147. The highest BCUT2D eigenvalue weighted by Gasteiger charge is 2.21. The van der Waals surface area contributed by atoms with E-state index >= 15 is 0 Å². The van der Waals surface area contributed by atoms with Gasteiger partial charge in [0.05, 0.1) is 12.5 Å². The average molecular weight is 626 g/mol. The molecule has 0 aromatic heterocycles. The van der Waals surface area contributed by atoms with E-state index in [0.717, 1.165) is 30.9 Å². The monoisotopic (exact) mass is 625 g/mol. The number of benzene rings is 2. The molecule has 0 saturated heterocycles. The molecule has 2 aromatic rings. The molecule has 0 aliphatic heterocycles. The summed E-state index contributed by atoms with van der Waals surface area (Å²) in [5, 5.41) is 2.77. The SMILES string of the molecule is C=CCC(C)C(=O)OCCCNC(=O)c1cc(-c2ccc(F)cc2F)ccc1C.CC(=O)C1CCC1.CC/C=C\CC(C)(C)C. The van der Waals surface area contributed by atoms with Crippen LogP contribution in [0.4, 0.5) is 8.78 Å². The van der Waals surface area contributed by atoms with Gasteiger partial charge in [-0.2, -0.15) is 0 Å². The van der Waals surface area contributed by atoms with Gasteiger partial charge in [-0.05, 0) is 87.1 Å². The van der Waals surface area contributed by atoms with Crippen molar-refractivity contribution in [2.75, 3.05) is 13.2 Å². The molecule has 1 aliphatic carbocycles. The quantitative estimate of drug-likeness (QED) is 0.145. The molecule has 1 N–H and O–H groups in total. The van der Waals surface area contributed by atoms with Gasteiger partial charge >= 0.3 is 5.97 Å². The highest BCUT2D eigenvalue weighted by molar-refractivity contribution is 5.97. The Morgan fingerprint density at radius 3 is 2.29 bits per heavy atom. The number of halogens is 2. The third-order valence-corrected chi connectivity index (χ3v) is 7.31. The molecule has 248 valence electrons. The number of hydrogen-bond acceptors (Lipinski definition) is 4. The lowest BCUT2D eigenvalue weighted by Crippen LogP contribution is -2.26. The van der Waals surface area contributed by atoms with Crippen LogP contribution < -0.4 is 5.32 Å². The molecule has 0 radical (unpaired) electrons. The van der Waals surface area contributed by atoms with Crippen molar-refractivity contribution in [1.29, 1.82) is 0 Å². The molecular weight excluding hydrogens is 572 g/mol. The number of allylic oxidation sites excluding steroid dienone is 3. The van der Waals surface area contributed by atoms with Crippen LogP contribution in [0, 0.1) is 35.8 Å². The van der Waals surface area contributed by atoms with E-state index in [-0.39, 0.29) is 30.0 Å². The molecular formula is C38H53F2NO4. The lowest BCUT2D eigenvalue weighted by Gasteiger charge is -2.21. The van der Waals surface area contributed by atoms with Crippen LogP contribution in [0.3, 0.4) is 0 Å². The summed E-state index contributed by atoms with van der Waals surface area (Å²) in [5.41, 5.74) is 2.32. The van der Waals surface area contributed by atoms with E-state index in [1.807, 2.05) is 0 Å². The number of carbonyl (C=O) groups excluding carboxylic acids is 3. The average Bonchev–Trinajstić information content (AvgIpc) is 2.92. The van der Waals surface area contributed by atoms with Gasteiger partial charge in [0.25, 0.3) is 5.91 Å². The summed E-state index contributed by atoms with van der Waals surface area (Å²) < 4.78 is 32.3. The van der Waals surface area contributed by atoms with Gasteiger partial charge in [-0.15, -0.1) is 6.58 Å². The number of ketones is 1. The van der Waals surface area contributed by atoms with Gasteiger partial charge in [-0.25, -0.2) is 8.78 Å². The number of amides is 1. The lowest BCUT2D eigenvalue weighted by atomic mass is 9.83. The minimum atomic E-state index is -0.687. The van der Waals surface area contributed by atoms with Crippen LogP contribution in [0.25, 0.3) is 11.1 Å². The number of esters is 1. The maximum atomic E-state index is 14.0. The van der Waals surface area contributed by atoms with Gasteiger partial charge in [-0.3, -0.25) is 14.4 Å². The minimum absolute atomic E-state index is 0.209. The standard InChI is InChI=1S/C23H25F2NO3.C9H18.C6H10O/c1-4-6-16(3)23(28)29-12-5-11-26-22(27)20-13-17(8-7-15(20)2)19-10-9-18(24)14-21(19)25;1-5-6-7-8-9(2,3)4;1-5(7)6-3-2-4-6/h4,7-10,13-14,16H,1,5-6,11-12H2,2-3H3,(H,26,27);6-7H,5,8H2,1-4H3;6H,2-4H2,1H3/b;7-6-;. The number of Topliss-reactive ketones (excluding diaryl/α,β-unsaturated/α-hetero) is 1. The Kier molecular flexibility index (Phi) is 17.9. The number of ether oxygens (including phenoxy) is 1.